The number of hydrogen-bond acceptors (Lipinski definition) is 6. The molecule has 1 aliphatic rings. The molecule has 0 amide bonds. The van der Waals surface area contributed by atoms with Crippen molar-refractivity contribution in [3.8, 4) is 0 Å². The van der Waals surface area contributed by atoms with Crippen LogP contribution in [0.5, 0.6) is 0 Å². The number of carboxylic acid groups (broad SMARTS) is 2. The Hall–Kier alpha value is -2.61. The van der Waals surface area contributed by atoms with E-state index in [2.05, 4.69) is 9.88 Å². The monoisotopic (exact) mass is 307 g/mol. The van der Waals surface area contributed by atoms with Crippen LogP contribution >= 0.6 is 0 Å². The second-order valence-corrected chi connectivity index (χ2v) is 4.80. The molecule has 22 heavy (non-hydrogen) atoms. The standard InChI is InChI=1S/C12H15N3O.C2H2O4/c13-8-9-4-3-7-15(9)12-14-10-5-1-2-6-11(10)16-12;3-1(4)2(5)6/h1-2,5-6,9H,3-4,7-8,13H2;(H,3,4)(H,5,6). The molecular weight excluding hydrogens is 290 g/mol. The Morgan fingerprint density at radius 3 is 2.59 bits per heavy atom. The number of para-hydroxylation sites is 2. The third kappa shape index (κ3) is 3.53. The normalized spacial score (nSPS) is 17.1. The van der Waals surface area contributed by atoms with Crippen molar-refractivity contribution in [3.05, 3.63) is 24.3 Å². The molecule has 0 saturated carbocycles. The molecule has 1 aromatic carbocycles. The van der Waals surface area contributed by atoms with E-state index in [-0.39, 0.29) is 0 Å². The number of nitrogens with two attached hydrogens (primary N) is 1. The van der Waals surface area contributed by atoms with Crippen LogP contribution in [0, 0.1) is 0 Å². The molecule has 1 saturated heterocycles. The van der Waals surface area contributed by atoms with Crippen molar-refractivity contribution in [1.29, 1.82) is 0 Å². The topological polar surface area (TPSA) is 130 Å². The predicted octanol–water partition coefficient (Wildman–Crippen LogP) is 0.911. The lowest BCUT2D eigenvalue weighted by Gasteiger charge is -2.20. The number of aromatic nitrogens is 1. The van der Waals surface area contributed by atoms with Crippen LogP contribution in [0.15, 0.2) is 28.7 Å². The lowest BCUT2D eigenvalue weighted by Crippen LogP contribution is -2.35. The Labute approximate surface area is 126 Å². The second kappa shape index (κ2) is 6.90. The van der Waals surface area contributed by atoms with Crippen LogP contribution in [0.1, 0.15) is 12.8 Å². The van der Waals surface area contributed by atoms with Crippen molar-refractivity contribution in [2.75, 3.05) is 18.0 Å². The van der Waals surface area contributed by atoms with E-state index in [1.165, 1.54) is 6.42 Å². The highest BCUT2D eigenvalue weighted by atomic mass is 16.4. The SMILES string of the molecule is NCC1CCCN1c1nc2ccccc2o1.O=C(O)C(=O)O. The average Bonchev–Trinajstić information content (AvgIpc) is 3.13. The maximum Gasteiger partial charge on any atom is 0.414 e. The number of aliphatic carboxylic acids is 2. The van der Waals surface area contributed by atoms with Crippen molar-refractivity contribution in [2.24, 2.45) is 5.73 Å². The van der Waals surface area contributed by atoms with Gasteiger partial charge in [0.05, 0.1) is 0 Å². The Morgan fingerprint density at radius 1 is 1.32 bits per heavy atom. The van der Waals surface area contributed by atoms with Gasteiger partial charge in [0.1, 0.15) is 5.52 Å². The van der Waals surface area contributed by atoms with Crippen molar-refractivity contribution in [2.45, 2.75) is 18.9 Å². The first-order chi connectivity index (χ1) is 10.5. The first-order valence-electron chi connectivity index (χ1n) is 6.81. The van der Waals surface area contributed by atoms with Crippen LogP contribution in [0.2, 0.25) is 0 Å². The highest BCUT2D eigenvalue weighted by Crippen LogP contribution is 2.27. The summed E-state index contributed by atoms with van der Waals surface area (Å²) in [6, 6.07) is 8.94. The highest BCUT2D eigenvalue weighted by Gasteiger charge is 2.26. The van der Waals surface area contributed by atoms with Gasteiger partial charge >= 0.3 is 11.9 Å². The minimum atomic E-state index is -1.82. The van der Waals surface area contributed by atoms with Crippen LogP contribution in [0.4, 0.5) is 6.01 Å². The van der Waals surface area contributed by atoms with Gasteiger partial charge in [0.15, 0.2) is 5.58 Å². The van der Waals surface area contributed by atoms with Gasteiger partial charge in [-0.2, -0.15) is 4.98 Å². The zero-order chi connectivity index (χ0) is 16.1. The van der Waals surface area contributed by atoms with Crippen LogP contribution in [0.3, 0.4) is 0 Å². The molecule has 1 aliphatic heterocycles. The van der Waals surface area contributed by atoms with Gasteiger partial charge in [-0.15, -0.1) is 0 Å². The fraction of sp³-hybridized carbons (Fsp3) is 0.357. The molecule has 0 spiro atoms. The maximum absolute atomic E-state index is 9.10. The molecule has 0 aliphatic carbocycles. The molecule has 4 N–H and O–H groups in total. The summed E-state index contributed by atoms with van der Waals surface area (Å²) in [6.45, 7) is 1.66. The lowest BCUT2D eigenvalue weighted by molar-refractivity contribution is -0.159. The number of carboxylic acids is 2. The molecule has 1 fully saturated rings. The van der Waals surface area contributed by atoms with Gasteiger partial charge in [0.25, 0.3) is 6.01 Å². The predicted molar refractivity (Wildman–Crippen MR) is 78.7 cm³/mol. The molecule has 1 aromatic heterocycles. The number of anilines is 1. The maximum atomic E-state index is 9.10. The van der Waals surface area contributed by atoms with E-state index >= 15 is 0 Å². The summed E-state index contributed by atoms with van der Waals surface area (Å²) >= 11 is 0. The zero-order valence-corrected chi connectivity index (χ0v) is 11.8. The summed E-state index contributed by atoms with van der Waals surface area (Å²) in [6.07, 6.45) is 2.30. The van der Waals surface area contributed by atoms with Crippen LogP contribution in [-0.2, 0) is 9.59 Å². The van der Waals surface area contributed by atoms with Gasteiger partial charge in [-0.1, -0.05) is 12.1 Å². The quantitative estimate of drug-likeness (QED) is 0.698. The number of benzene rings is 1. The number of hydrogen-bond donors (Lipinski definition) is 3. The Balaban J connectivity index is 0.000000254. The number of rotatable bonds is 2. The number of carbonyl (C=O) groups is 2. The summed E-state index contributed by atoms with van der Waals surface area (Å²) in [4.78, 5) is 24.9. The zero-order valence-electron chi connectivity index (χ0n) is 11.8. The van der Waals surface area contributed by atoms with Gasteiger partial charge in [-0.05, 0) is 25.0 Å². The summed E-state index contributed by atoms with van der Waals surface area (Å²) < 4.78 is 5.74. The molecule has 0 bridgehead atoms. The molecule has 8 heteroatoms. The third-order valence-corrected chi connectivity index (χ3v) is 3.36. The van der Waals surface area contributed by atoms with E-state index in [9.17, 15) is 0 Å². The Bertz CT molecular complexity index is 624. The van der Waals surface area contributed by atoms with Gasteiger partial charge in [-0.3, -0.25) is 0 Å². The Morgan fingerprint density at radius 2 is 2.00 bits per heavy atom. The molecule has 8 nitrogen and oxygen atoms in total. The number of oxazole rings is 1. The summed E-state index contributed by atoms with van der Waals surface area (Å²) in [5.74, 6) is -3.65. The van der Waals surface area contributed by atoms with Crippen molar-refractivity contribution in [1.82, 2.24) is 4.98 Å². The molecular formula is C14H17N3O5. The molecule has 2 heterocycles. The summed E-state index contributed by atoms with van der Waals surface area (Å²) in [5.41, 5.74) is 7.51. The average molecular weight is 307 g/mol. The summed E-state index contributed by atoms with van der Waals surface area (Å²) in [5, 5.41) is 14.8. The molecule has 0 radical (unpaired) electrons. The van der Waals surface area contributed by atoms with Crippen LogP contribution in [0.25, 0.3) is 11.1 Å². The van der Waals surface area contributed by atoms with Gasteiger partial charge in [0, 0.05) is 19.1 Å². The highest BCUT2D eigenvalue weighted by molar-refractivity contribution is 6.27. The smallest absolute Gasteiger partial charge is 0.414 e. The Kier molecular flexibility index (Phi) is 4.95. The fourth-order valence-electron chi connectivity index (χ4n) is 2.32. The minimum Gasteiger partial charge on any atom is -0.473 e. The van der Waals surface area contributed by atoms with E-state index < -0.39 is 11.9 Å². The van der Waals surface area contributed by atoms with Gasteiger partial charge in [0.2, 0.25) is 0 Å². The summed E-state index contributed by atoms with van der Waals surface area (Å²) in [7, 11) is 0. The molecule has 118 valence electrons. The van der Waals surface area contributed by atoms with E-state index in [0.717, 1.165) is 24.1 Å². The van der Waals surface area contributed by atoms with E-state index in [0.29, 0.717) is 18.6 Å². The van der Waals surface area contributed by atoms with Crippen LogP contribution < -0.4 is 10.6 Å². The van der Waals surface area contributed by atoms with E-state index in [4.69, 9.17) is 30.0 Å². The van der Waals surface area contributed by atoms with E-state index in [1.807, 2.05) is 24.3 Å². The largest absolute Gasteiger partial charge is 0.473 e. The molecule has 1 unspecified atom stereocenters. The molecule has 3 rings (SSSR count). The van der Waals surface area contributed by atoms with Crippen molar-refractivity contribution < 1.29 is 24.2 Å². The van der Waals surface area contributed by atoms with E-state index in [1.54, 1.807) is 0 Å². The lowest BCUT2D eigenvalue weighted by atomic mass is 10.2. The third-order valence-electron chi connectivity index (χ3n) is 3.36. The number of nitrogens with zero attached hydrogens (tertiary/aromatic N) is 2. The fourth-order valence-corrected chi connectivity index (χ4v) is 2.32. The van der Waals surface area contributed by atoms with Crippen LogP contribution in [-0.4, -0.2) is 46.3 Å². The van der Waals surface area contributed by atoms with Gasteiger partial charge < -0.3 is 25.3 Å². The van der Waals surface area contributed by atoms with Crippen molar-refractivity contribution in [3.63, 3.8) is 0 Å². The van der Waals surface area contributed by atoms with Crippen molar-refractivity contribution >= 4 is 29.1 Å². The minimum absolute atomic E-state index is 0.382. The first-order valence-corrected chi connectivity index (χ1v) is 6.81. The molecule has 1 atom stereocenters. The number of fused-ring (bicyclic) bond motifs is 1. The van der Waals surface area contributed by atoms with Gasteiger partial charge in [-0.25, -0.2) is 9.59 Å². The molecule has 2 aromatic rings. The first kappa shape index (κ1) is 15.8. The second-order valence-electron chi connectivity index (χ2n) is 4.80.